The van der Waals surface area contributed by atoms with Crippen LogP contribution in [0, 0.1) is 0 Å². The van der Waals surface area contributed by atoms with Crippen LogP contribution in [0.4, 0.5) is 0 Å². The summed E-state index contributed by atoms with van der Waals surface area (Å²) in [7, 11) is 0. The van der Waals surface area contributed by atoms with Crippen LogP contribution >= 0.6 is 0 Å². The molecule has 2 heterocycles. The molecule has 0 radical (unpaired) electrons. The summed E-state index contributed by atoms with van der Waals surface area (Å²) in [6, 6.07) is 4.64. The first-order chi connectivity index (χ1) is 17.2. The van der Waals surface area contributed by atoms with Crippen molar-refractivity contribution in [3.63, 3.8) is 0 Å². The fourth-order valence-electron chi connectivity index (χ4n) is 3.98. The first kappa shape index (κ1) is 26.8. The summed E-state index contributed by atoms with van der Waals surface area (Å²) in [4.78, 5) is 57.3. The van der Waals surface area contributed by atoms with Crippen molar-refractivity contribution in [3.05, 3.63) is 54.1 Å². The highest BCUT2D eigenvalue weighted by atomic mass is 16.4. The van der Waals surface area contributed by atoms with Crippen LogP contribution in [-0.4, -0.2) is 80.7 Å². The van der Waals surface area contributed by atoms with Crippen LogP contribution < -0.4 is 21.3 Å². The number of hydrogen-bond acceptors (Lipinski definition) is 7. The zero-order valence-electron chi connectivity index (χ0n) is 19.9. The van der Waals surface area contributed by atoms with E-state index in [1.165, 1.54) is 19.4 Å². The number of aliphatic hydroxyl groups excluding tert-OH is 1. The Balaban J connectivity index is 1.72. The summed E-state index contributed by atoms with van der Waals surface area (Å²) in [6.45, 7) is 2.04. The van der Waals surface area contributed by atoms with Crippen LogP contribution in [0.2, 0.25) is 0 Å². The van der Waals surface area contributed by atoms with Gasteiger partial charge in [-0.25, -0.2) is 9.78 Å². The van der Waals surface area contributed by atoms with Crippen LogP contribution in [0.5, 0.6) is 0 Å². The highest BCUT2D eigenvalue weighted by Gasteiger charge is 2.33. The van der Waals surface area contributed by atoms with E-state index in [0.717, 1.165) is 12.0 Å². The highest BCUT2D eigenvalue weighted by molar-refractivity contribution is 5.94. The Morgan fingerprint density at radius 2 is 1.78 bits per heavy atom. The first-order valence-corrected chi connectivity index (χ1v) is 11.8. The predicted octanol–water partition coefficient (Wildman–Crippen LogP) is -1.13. The summed E-state index contributed by atoms with van der Waals surface area (Å²) in [5.41, 5.74) is 1.25. The van der Waals surface area contributed by atoms with Crippen molar-refractivity contribution in [3.8, 4) is 0 Å². The molecule has 5 unspecified atom stereocenters. The maximum Gasteiger partial charge on any atom is 0.326 e. The average molecular weight is 501 g/mol. The van der Waals surface area contributed by atoms with Gasteiger partial charge in [-0.15, -0.1) is 0 Å². The van der Waals surface area contributed by atoms with Crippen molar-refractivity contribution < 1.29 is 29.4 Å². The fraction of sp³-hybridized carbons (Fsp3) is 0.458. The van der Waals surface area contributed by atoms with Crippen molar-refractivity contribution in [2.24, 2.45) is 0 Å². The van der Waals surface area contributed by atoms with Gasteiger partial charge < -0.3 is 36.5 Å². The second-order valence-electron chi connectivity index (χ2n) is 8.81. The van der Waals surface area contributed by atoms with Gasteiger partial charge in [0.15, 0.2) is 0 Å². The number of rotatable bonds is 12. The third-order valence-corrected chi connectivity index (χ3v) is 5.95. The molecule has 0 bridgehead atoms. The summed E-state index contributed by atoms with van der Waals surface area (Å²) < 4.78 is 0. The van der Waals surface area contributed by atoms with Gasteiger partial charge in [0.2, 0.25) is 17.7 Å². The van der Waals surface area contributed by atoms with Crippen molar-refractivity contribution >= 4 is 23.7 Å². The molecule has 0 saturated carbocycles. The molecule has 0 spiro atoms. The molecule has 3 amide bonds. The number of aliphatic carboxylic acids is 1. The van der Waals surface area contributed by atoms with E-state index in [1.54, 1.807) is 30.3 Å². The number of amides is 3. The van der Waals surface area contributed by atoms with Crippen molar-refractivity contribution in [2.45, 2.75) is 62.9 Å². The standard InChI is InChI=1S/C24H32N6O6/c1-14(31)20(30-21(32)17-8-5-9-26-17)23(34)28-18(11-16-12-25-13-27-16)22(33)29-19(24(35)36)10-15-6-3-2-4-7-15/h2-4,6-7,12-14,17-20,26,31H,5,8-11H2,1H3,(H,25,27)(H,28,34)(H,29,33)(H,30,32)(H,35,36). The number of benzene rings is 1. The Hall–Kier alpha value is -3.77. The summed E-state index contributed by atoms with van der Waals surface area (Å²) in [5.74, 6) is -3.14. The number of carbonyl (C=O) groups is 4. The topological polar surface area (TPSA) is 186 Å². The maximum atomic E-state index is 13.2. The molecule has 12 heteroatoms. The molecule has 1 aromatic carbocycles. The average Bonchev–Trinajstić information content (AvgIpc) is 3.56. The number of H-pyrrole nitrogens is 1. The predicted molar refractivity (Wildman–Crippen MR) is 129 cm³/mol. The van der Waals surface area contributed by atoms with Crippen LogP contribution in [0.15, 0.2) is 42.9 Å². The minimum absolute atomic E-state index is 0.0140. The van der Waals surface area contributed by atoms with Gasteiger partial charge in [0.05, 0.1) is 18.5 Å². The monoisotopic (exact) mass is 500 g/mol. The van der Waals surface area contributed by atoms with Gasteiger partial charge >= 0.3 is 5.97 Å². The molecule has 1 aromatic heterocycles. The Morgan fingerprint density at radius 1 is 1.06 bits per heavy atom. The number of aliphatic hydroxyl groups is 1. The third-order valence-electron chi connectivity index (χ3n) is 5.95. The number of aromatic amines is 1. The van der Waals surface area contributed by atoms with E-state index in [1.807, 2.05) is 0 Å². The second kappa shape index (κ2) is 12.8. The Kier molecular flexibility index (Phi) is 9.53. The number of nitrogens with one attached hydrogen (secondary N) is 5. The van der Waals surface area contributed by atoms with E-state index in [2.05, 4.69) is 31.2 Å². The molecule has 2 aromatic rings. The van der Waals surface area contributed by atoms with E-state index in [-0.39, 0.29) is 12.8 Å². The number of aromatic nitrogens is 2. The molecule has 3 rings (SSSR count). The van der Waals surface area contributed by atoms with Gasteiger partial charge in [0.25, 0.3) is 0 Å². The molecule has 36 heavy (non-hydrogen) atoms. The summed E-state index contributed by atoms with van der Waals surface area (Å²) in [6.07, 6.45) is 3.12. The van der Waals surface area contributed by atoms with Crippen LogP contribution in [0.25, 0.3) is 0 Å². The van der Waals surface area contributed by atoms with Crippen LogP contribution in [-0.2, 0) is 32.0 Å². The summed E-state index contributed by atoms with van der Waals surface area (Å²) >= 11 is 0. The van der Waals surface area contributed by atoms with E-state index in [9.17, 15) is 29.4 Å². The van der Waals surface area contributed by atoms with Crippen molar-refractivity contribution in [2.75, 3.05) is 6.54 Å². The lowest BCUT2D eigenvalue weighted by molar-refractivity contribution is -0.142. The molecular formula is C24H32N6O6. The van der Waals surface area contributed by atoms with Gasteiger partial charge in [-0.1, -0.05) is 30.3 Å². The Labute approximate surface area is 208 Å². The largest absolute Gasteiger partial charge is 0.480 e. The molecule has 194 valence electrons. The Morgan fingerprint density at radius 3 is 2.36 bits per heavy atom. The van der Waals surface area contributed by atoms with Gasteiger partial charge in [-0.3, -0.25) is 14.4 Å². The molecule has 1 aliphatic rings. The second-order valence-corrected chi connectivity index (χ2v) is 8.81. The minimum Gasteiger partial charge on any atom is -0.480 e. The quantitative estimate of drug-likeness (QED) is 0.191. The van der Waals surface area contributed by atoms with E-state index >= 15 is 0 Å². The zero-order chi connectivity index (χ0) is 26.1. The van der Waals surface area contributed by atoms with E-state index in [4.69, 9.17) is 0 Å². The molecule has 7 N–H and O–H groups in total. The Bertz CT molecular complexity index is 1020. The normalized spacial score (nSPS) is 18.4. The van der Waals surface area contributed by atoms with Gasteiger partial charge in [-0.05, 0) is 31.9 Å². The van der Waals surface area contributed by atoms with E-state index in [0.29, 0.717) is 18.7 Å². The molecular weight excluding hydrogens is 468 g/mol. The van der Waals surface area contributed by atoms with Crippen LogP contribution in [0.1, 0.15) is 31.0 Å². The first-order valence-electron chi connectivity index (χ1n) is 11.8. The number of carboxylic acid groups (broad SMARTS) is 1. The molecule has 1 saturated heterocycles. The molecule has 1 fully saturated rings. The lowest BCUT2D eigenvalue weighted by Crippen LogP contribution is -2.60. The van der Waals surface area contributed by atoms with Gasteiger partial charge in [-0.2, -0.15) is 0 Å². The number of hydrogen-bond donors (Lipinski definition) is 7. The number of nitrogens with zero attached hydrogens (tertiary/aromatic N) is 1. The lowest BCUT2D eigenvalue weighted by atomic mass is 10.0. The van der Waals surface area contributed by atoms with E-state index < -0.39 is 54.0 Å². The smallest absolute Gasteiger partial charge is 0.326 e. The summed E-state index contributed by atoms with van der Waals surface area (Å²) in [5, 5.41) is 30.4. The van der Waals surface area contributed by atoms with Crippen molar-refractivity contribution in [1.82, 2.24) is 31.2 Å². The molecule has 12 nitrogen and oxygen atoms in total. The van der Waals surface area contributed by atoms with Gasteiger partial charge in [0.1, 0.15) is 18.1 Å². The number of imidazole rings is 1. The molecule has 0 aliphatic carbocycles. The number of carbonyl (C=O) groups excluding carboxylic acids is 3. The lowest BCUT2D eigenvalue weighted by Gasteiger charge is -2.26. The fourth-order valence-corrected chi connectivity index (χ4v) is 3.98. The maximum absolute atomic E-state index is 13.2. The molecule has 1 aliphatic heterocycles. The zero-order valence-corrected chi connectivity index (χ0v) is 19.9. The van der Waals surface area contributed by atoms with Crippen molar-refractivity contribution in [1.29, 1.82) is 0 Å². The highest BCUT2D eigenvalue weighted by Crippen LogP contribution is 2.08. The molecule has 5 atom stereocenters. The minimum atomic E-state index is -1.31. The number of carboxylic acids is 1. The third kappa shape index (κ3) is 7.62. The SMILES string of the molecule is CC(O)C(NC(=O)C1CCCN1)C(=O)NC(Cc1cnc[nH]1)C(=O)NC(Cc1ccccc1)C(=O)O. The van der Waals surface area contributed by atoms with Crippen LogP contribution in [0.3, 0.4) is 0 Å². The van der Waals surface area contributed by atoms with Gasteiger partial charge in [0, 0.05) is 24.7 Å².